The molecule has 0 bridgehead atoms. The maximum atomic E-state index is 13.7. The second-order valence-corrected chi connectivity index (χ2v) is 7.67. The number of alkyl halides is 3. The van der Waals surface area contributed by atoms with E-state index in [9.17, 15) is 18.0 Å². The first-order chi connectivity index (χ1) is 13.3. The first kappa shape index (κ1) is 18.4. The molecule has 0 aliphatic heterocycles. The quantitative estimate of drug-likeness (QED) is 0.473. The van der Waals surface area contributed by atoms with Crippen molar-refractivity contribution in [2.24, 2.45) is 0 Å². The van der Waals surface area contributed by atoms with Crippen molar-refractivity contribution in [3.05, 3.63) is 58.4 Å². The van der Waals surface area contributed by atoms with Gasteiger partial charge in [0.2, 0.25) is 0 Å². The molecule has 142 valence electrons. The number of rotatable bonds is 3. The molecule has 4 aromatic rings. The summed E-state index contributed by atoms with van der Waals surface area (Å²) in [4.78, 5) is 21.5. The Balaban J connectivity index is 1.86. The van der Waals surface area contributed by atoms with Crippen LogP contribution in [0.15, 0.2) is 48.0 Å². The monoisotopic (exact) mass is 420 g/mol. The maximum Gasteiger partial charge on any atom is 0.417 e. The fourth-order valence-corrected chi connectivity index (χ4v) is 4.37. The molecular weight excluding hydrogens is 409 g/mol. The van der Waals surface area contributed by atoms with Crippen molar-refractivity contribution < 1.29 is 18.0 Å². The molecule has 0 fully saturated rings. The largest absolute Gasteiger partial charge is 0.417 e. The van der Waals surface area contributed by atoms with Crippen LogP contribution in [-0.4, -0.2) is 15.9 Å². The van der Waals surface area contributed by atoms with E-state index in [1.807, 2.05) is 0 Å². The van der Waals surface area contributed by atoms with E-state index in [0.29, 0.717) is 4.88 Å². The lowest BCUT2D eigenvalue weighted by Gasteiger charge is -2.10. The number of nitrogens with one attached hydrogen (secondary N) is 1. The molecule has 0 aliphatic carbocycles. The van der Waals surface area contributed by atoms with Gasteiger partial charge in [0.05, 0.1) is 21.8 Å². The smallest absolute Gasteiger partial charge is 0.397 e. The number of pyridine rings is 2. The molecule has 0 unspecified atom stereocenters. The highest BCUT2D eigenvalue weighted by Crippen LogP contribution is 2.44. The van der Waals surface area contributed by atoms with Crippen LogP contribution in [0, 0.1) is 0 Å². The zero-order valence-electron chi connectivity index (χ0n) is 13.9. The minimum Gasteiger partial charge on any atom is -0.397 e. The summed E-state index contributed by atoms with van der Waals surface area (Å²) in [5.41, 5.74) is 4.98. The number of carbonyl (C=O) groups is 1. The predicted octanol–water partition coefficient (Wildman–Crippen LogP) is 5.27. The van der Waals surface area contributed by atoms with Crippen LogP contribution in [0.1, 0.15) is 15.2 Å². The highest BCUT2D eigenvalue weighted by molar-refractivity contribution is 7.21. The lowest BCUT2D eigenvalue weighted by molar-refractivity contribution is -0.136. The molecule has 10 heteroatoms. The van der Waals surface area contributed by atoms with Crippen LogP contribution < -0.4 is 11.1 Å². The Morgan fingerprint density at radius 3 is 2.64 bits per heavy atom. The second-order valence-electron chi connectivity index (χ2n) is 5.72. The van der Waals surface area contributed by atoms with E-state index in [4.69, 9.17) is 5.73 Å². The zero-order chi connectivity index (χ0) is 19.9. The van der Waals surface area contributed by atoms with Crippen molar-refractivity contribution in [2.75, 3.05) is 11.1 Å². The number of nitrogens with two attached hydrogens (primary N) is 1. The van der Waals surface area contributed by atoms with Crippen LogP contribution in [0.5, 0.6) is 0 Å². The Morgan fingerprint density at radius 1 is 1.18 bits per heavy atom. The molecule has 0 saturated heterocycles. The molecule has 4 aromatic heterocycles. The molecule has 1 amide bonds. The van der Waals surface area contributed by atoms with Gasteiger partial charge in [0, 0.05) is 11.6 Å². The summed E-state index contributed by atoms with van der Waals surface area (Å²) >= 11 is 2.10. The summed E-state index contributed by atoms with van der Waals surface area (Å²) in [5.74, 6) is -0.363. The predicted molar refractivity (Wildman–Crippen MR) is 105 cm³/mol. The molecule has 3 N–H and O–H groups in total. The fraction of sp³-hybridized carbons (Fsp3) is 0.0556. The van der Waals surface area contributed by atoms with Gasteiger partial charge in [-0.1, -0.05) is 12.1 Å². The minimum atomic E-state index is -4.64. The van der Waals surface area contributed by atoms with Crippen molar-refractivity contribution in [1.29, 1.82) is 0 Å². The van der Waals surface area contributed by atoms with Gasteiger partial charge < -0.3 is 11.1 Å². The third-order valence-electron chi connectivity index (χ3n) is 3.89. The van der Waals surface area contributed by atoms with Crippen molar-refractivity contribution in [3.8, 4) is 10.6 Å². The lowest BCUT2D eigenvalue weighted by Crippen LogP contribution is -2.13. The van der Waals surface area contributed by atoms with E-state index in [1.165, 1.54) is 17.5 Å². The molecule has 0 spiro atoms. The summed E-state index contributed by atoms with van der Waals surface area (Å²) in [7, 11) is 0. The van der Waals surface area contributed by atoms with Crippen LogP contribution in [0.3, 0.4) is 0 Å². The van der Waals surface area contributed by atoms with E-state index < -0.39 is 17.6 Å². The van der Waals surface area contributed by atoms with Crippen LogP contribution in [0.4, 0.5) is 24.7 Å². The molecule has 5 nitrogen and oxygen atoms in total. The number of anilines is 2. The SMILES string of the molecule is Nc1c(C(=O)Nc2ccccn2)sc2nc(-c3cccs3)cc(C(F)(F)F)c12. The van der Waals surface area contributed by atoms with Crippen molar-refractivity contribution in [2.45, 2.75) is 6.18 Å². The number of amides is 1. The van der Waals surface area contributed by atoms with Gasteiger partial charge >= 0.3 is 6.18 Å². The van der Waals surface area contributed by atoms with E-state index in [1.54, 1.807) is 35.7 Å². The van der Waals surface area contributed by atoms with Gasteiger partial charge in [-0.3, -0.25) is 4.79 Å². The molecule has 4 rings (SSSR count). The fourth-order valence-electron chi connectivity index (χ4n) is 2.67. The molecule has 0 aromatic carbocycles. The van der Waals surface area contributed by atoms with Crippen molar-refractivity contribution in [3.63, 3.8) is 0 Å². The van der Waals surface area contributed by atoms with Gasteiger partial charge in [-0.15, -0.1) is 22.7 Å². The average molecular weight is 420 g/mol. The Hall–Kier alpha value is -2.98. The molecule has 0 atom stereocenters. The Kier molecular flexibility index (Phi) is 4.52. The first-order valence-corrected chi connectivity index (χ1v) is 9.60. The number of nitrogens with zero attached hydrogens (tertiary/aromatic N) is 2. The van der Waals surface area contributed by atoms with Gasteiger partial charge in [0.15, 0.2) is 0 Å². The number of carbonyl (C=O) groups excluding carboxylic acids is 1. The maximum absolute atomic E-state index is 13.7. The van der Waals surface area contributed by atoms with Gasteiger partial charge in [-0.05, 0) is 29.6 Å². The van der Waals surface area contributed by atoms with E-state index in [2.05, 4.69) is 15.3 Å². The van der Waals surface area contributed by atoms with Crippen molar-refractivity contribution in [1.82, 2.24) is 9.97 Å². The minimum absolute atomic E-state index is 0.0398. The van der Waals surface area contributed by atoms with Gasteiger partial charge in [0.25, 0.3) is 5.91 Å². The van der Waals surface area contributed by atoms with Crippen LogP contribution in [0.25, 0.3) is 20.8 Å². The molecule has 0 saturated carbocycles. The van der Waals surface area contributed by atoms with Gasteiger partial charge in [0.1, 0.15) is 15.5 Å². The van der Waals surface area contributed by atoms with Crippen LogP contribution >= 0.6 is 22.7 Å². The van der Waals surface area contributed by atoms with Crippen molar-refractivity contribution >= 4 is 50.3 Å². The Morgan fingerprint density at radius 2 is 2.00 bits per heavy atom. The average Bonchev–Trinajstić information content (AvgIpc) is 3.29. The highest BCUT2D eigenvalue weighted by Gasteiger charge is 2.36. The number of aromatic nitrogens is 2. The zero-order valence-corrected chi connectivity index (χ0v) is 15.6. The topological polar surface area (TPSA) is 80.9 Å². The number of hydrogen-bond acceptors (Lipinski definition) is 6. The summed E-state index contributed by atoms with van der Waals surface area (Å²) in [6, 6.07) is 9.30. The highest BCUT2D eigenvalue weighted by atomic mass is 32.1. The van der Waals surface area contributed by atoms with Gasteiger partial charge in [-0.2, -0.15) is 13.2 Å². The Labute approximate surface area is 164 Å². The van der Waals surface area contributed by atoms with Crippen LogP contribution in [-0.2, 0) is 6.18 Å². The summed E-state index contributed by atoms with van der Waals surface area (Å²) < 4.78 is 41.1. The number of halogens is 3. The lowest BCUT2D eigenvalue weighted by atomic mass is 10.1. The molecule has 0 radical (unpaired) electrons. The summed E-state index contributed by atoms with van der Waals surface area (Å²) in [5, 5.41) is 4.03. The number of nitrogen functional groups attached to an aromatic ring is 1. The molecule has 4 heterocycles. The Bertz CT molecular complexity index is 1160. The summed E-state index contributed by atoms with van der Waals surface area (Å²) in [6.45, 7) is 0. The molecular formula is C18H11F3N4OS2. The number of fused-ring (bicyclic) bond motifs is 1. The number of hydrogen-bond donors (Lipinski definition) is 2. The first-order valence-electron chi connectivity index (χ1n) is 7.91. The summed E-state index contributed by atoms with van der Waals surface area (Å²) in [6.07, 6.45) is -3.16. The third kappa shape index (κ3) is 3.32. The number of thiophene rings is 2. The van der Waals surface area contributed by atoms with E-state index in [0.717, 1.165) is 17.4 Å². The van der Waals surface area contributed by atoms with E-state index >= 15 is 0 Å². The van der Waals surface area contributed by atoms with E-state index in [-0.39, 0.29) is 32.3 Å². The normalized spacial score (nSPS) is 11.7. The molecule has 28 heavy (non-hydrogen) atoms. The second kappa shape index (κ2) is 6.88. The third-order valence-corrected chi connectivity index (χ3v) is 5.88. The molecule has 0 aliphatic rings. The van der Waals surface area contributed by atoms with Crippen LogP contribution in [0.2, 0.25) is 0 Å². The van der Waals surface area contributed by atoms with Gasteiger partial charge in [-0.25, -0.2) is 9.97 Å². The standard InChI is InChI=1S/C18H11F3N4OS2/c19-18(20,21)9-8-10(11-4-3-7-27-11)24-17-13(9)14(22)15(28-17)16(26)25-12-5-1-2-6-23-12/h1-8H,22H2,(H,23,25,26).